The van der Waals surface area contributed by atoms with E-state index in [2.05, 4.69) is 20.4 Å². The number of likely N-dealkylation sites (tertiary alicyclic amines) is 1. The smallest absolute Gasteiger partial charge is 0.322 e. The largest absolute Gasteiger partial charge is 0.359 e. The van der Waals surface area contributed by atoms with Crippen molar-refractivity contribution in [3.8, 4) is 11.3 Å². The molecule has 7 nitrogen and oxygen atoms in total. The number of benzene rings is 1. The van der Waals surface area contributed by atoms with E-state index in [0.717, 1.165) is 41.2 Å². The van der Waals surface area contributed by atoms with Crippen LogP contribution in [-0.4, -0.2) is 32.6 Å². The molecule has 0 bridgehead atoms. The molecule has 0 radical (unpaired) electrons. The minimum atomic E-state index is -0.137. The Morgan fingerprint density at radius 2 is 2.15 bits per heavy atom. The molecule has 2 amide bonds. The van der Waals surface area contributed by atoms with Crippen molar-refractivity contribution in [3.05, 3.63) is 59.9 Å². The van der Waals surface area contributed by atoms with Crippen molar-refractivity contribution in [2.45, 2.75) is 32.7 Å². The SMILES string of the molecule is Cc1cc([C@@H]2CCCN2C(=O)Nc2cccc(-c3ccnc(C)n3)c2)on1. The van der Waals surface area contributed by atoms with E-state index in [-0.39, 0.29) is 12.1 Å². The van der Waals surface area contributed by atoms with Crippen molar-refractivity contribution in [3.63, 3.8) is 0 Å². The van der Waals surface area contributed by atoms with Crippen LogP contribution in [0.4, 0.5) is 10.5 Å². The van der Waals surface area contributed by atoms with Crippen LogP contribution in [-0.2, 0) is 0 Å². The van der Waals surface area contributed by atoms with E-state index in [0.29, 0.717) is 12.4 Å². The third-order valence-corrected chi connectivity index (χ3v) is 4.67. The molecule has 1 N–H and O–H groups in total. The standard InChI is InChI=1S/C20H21N5O2/c1-13-11-19(27-24-13)18-7-4-10-25(18)20(26)23-16-6-3-5-15(12-16)17-8-9-21-14(2)22-17/h3,5-6,8-9,11-12,18H,4,7,10H2,1-2H3,(H,23,26)/t18-/m0/s1. The predicted octanol–water partition coefficient (Wildman–Crippen LogP) is 4.12. The Bertz CT molecular complexity index is 968. The summed E-state index contributed by atoms with van der Waals surface area (Å²) in [5.74, 6) is 1.45. The molecule has 2 aromatic heterocycles. The van der Waals surface area contributed by atoms with Crippen molar-refractivity contribution in [1.29, 1.82) is 0 Å². The zero-order valence-electron chi connectivity index (χ0n) is 15.3. The average molecular weight is 363 g/mol. The quantitative estimate of drug-likeness (QED) is 0.757. The summed E-state index contributed by atoms with van der Waals surface area (Å²) < 4.78 is 5.38. The summed E-state index contributed by atoms with van der Waals surface area (Å²) in [6.45, 7) is 4.43. The number of aromatic nitrogens is 3. The zero-order valence-corrected chi connectivity index (χ0v) is 15.3. The van der Waals surface area contributed by atoms with Crippen LogP contribution in [0, 0.1) is 13.8 Å². The molecule has 1 saturated heterocycles. The Morgan fingerprint density at radius 3 is 2.93 bits per heavy atom. The molecule has 0 unspecified atom stereocenters. The first-order chi connectivity index (χ1) is 13.1. The van der Waals surface area contributed by atoms with Crippen LogP contribution in [0.15, 0.2) is 47.1 Å². The van der Waals surface area contributed by atoms with Gasteiger partial charge in [-0.1, -0.05) is 17.3 Å². The van der Waals surface area contributed by atoms with Crippen LogP contribution in [0.1, 0.15) is 36.2 Å². The van der Waals surface area contributed by atoms with Gasteiger partial charge in [0.2, 0.25) is 0 Å². The number of hydrogen-bond donors (Lipinski definition) is 1. The summed E-state index contributed by atoms with van der Waals surface area (Å²) in [4.78, 5) is 23.2. The van der Waals surface area contributed by atoms with E-state index in [4.69, 9.17) is 4.52 Å². The number of aryl methyl sites for hydroxylation is 2. The van der Waals surface area contributed by atoms with Crippen LogP contribution in [0.2, 0.25) is 0 Å². The molecule has 1 aliphatic rings. The highest BCUT2D eigenvalue weighted by Crippen LogP contribution is 2.33. The summed E-state index contributed by atoms with van der Waals surface area (Å²) in [6.07, 6.45) is 3.55. The number of nitrogens with one attached hydrogen (secondary N) is 1. The maximum Gasteiger partial charge on any atom is 0.322 e. The number of carbonyl (C=O) groups excluding carboxylic acids is 1. The van der Waals surface area contributed by atoms with Gasteiger partial charge in [-0.05, 0) is 44.9 Å². The summed E-state index contributed by atoms with van der Waals surface area (Å²) in [5, 5.41) is 6.94. The highest BCUT2D eigenvalue weighted by molar-refractivity contribution is 5.90. The molecule has 1 aliphatic heterocycles. The van der Waals surface area contributed by atoms with Gasteiger partial charge in [0, 0.05) is 30.1 Å². The predicted molar refractivity (Wildman–Crippen MR) is 101 cm³/mol. The first-order valence-electron chi connectivity index (χ1n) is 9.01. The van der Waals surface area contributed by atoms with E-state index in [1.54, 1.807) is 6.20 Å². The number of anilines is 1. The summed E-state index contributed by atoms with van der Waals surface area (Å²) >= 11 is 0. The van der Waals surface area contributed by atoms with Crippen LogP contribution >= 0.6 is 0 Å². The van der Waals surface area contributed by atoms with Crippen LogP contribution < -0.4 is 5.32 Å². The number of urea groups is 1. The monoisotopic (exact) mass is 363 g/mol. The van der Waals surface area contributed by atoms with E-state index >= 15 is 0 Å². The fraction of sp³-hybridized carbons (Fsp3) is 0.300. The van der Waals surface area contributed by atoms with Gasteiger partial charge in [-0.25, -0.2) is 14.8 Å². The fourth-order valence-electron chi connectivity index (χ4n) is 3.41. The van der Waals surface area contributed by atoms with Crippen molar-refractivity contribution < 1.29 is 9.32 Å². The Morgan fingerprint density at radius 1 is 1.26 bits per heavy atom. The minimum absolute atomic E-state index is 0.0705. The van der Waals surface area contributed by atoms with Gasteiger partial charge in [0.15, 0.2) is 5.76 Å². The second kappa shape index (κ2) is 7.19. The molecular weight excluding hydrogens is 342 g/mol. The molecule has 3 aromatic rings. The Labute approximate surface area is 157 Å². The maximum atomic E-state index is 12.8. The lowest BCUT2D eigenvalue weighted by atomic mass is 10.1. The molecule has 7 heteroatoms. The number of carbonyl (C=O) groups is 1. The fourth-order valence-corrected chi connectivity index (χ4v) is 3.41. The molecule has 0 aliphatic carbocycles. The minimum Gasteiger partial charge on any atom is -0.359 e. The van der Waals surface area contributed by atoms with Crippen molar-refractivity contribution in [2.75, 3.05) is 11.9 Å². The maximum absolute atomic E-state index is 12.8. The van der Waals surface area contributed by atoms with Crippen LogP contribution in [0.25, 0.3) is 11.3 Å². The molecular formula is C20H21N5O2. The van der Waals surface area contributed by atoms with Crippen molar-refractivity contribution in [1.82, 2.24) is 20.0 Å². The zero-order chi connectivity index (χ0) is 18.8. The molecule has 0 spiro atoms. The third kappa shape index (κ3) is 3.67. The Hall–Kier alpha value is -3.22. The van der Waals surface area contributed by atoms with E-state index < -0.39 is 0 Å². The number of rotatable bonds is 3. The van der Waals surface area contributed by atoms with Gasteiger partial charge in [0.25, 0.3) is 0 Å². The van der Waals surface area contributed by atoms with Crippen LogP contribution in [0.5, 0.6) is 0 Å². The summed E-state index contributed by atoms with van der Waals surface area (Å²) in [6, 6.07) is 11.2. The summed E-state index contributed by atoms with van der Waals surface area (Å²) in [7, 11) is 0. The molecule has 1 aromatic carbocycles. The molecule has 3 heterocycles. The van der Waals surface area contributed by atoms with Gasteiger partial charge in [-0.15, -0.1) is 0 Å². The van der Waals surface area contributed by atoms with Gasteiger partial charge in [-0.2, -0.15) is 0 Å². The second-order valence-electron chi connectivity index (χ2n) is 6.72. The number of nitrogens with zero attached hydrogens (tertiary/aromatic N) is 4. The summed E-state index contributed by atoms with van der Waals surface area (Å²) in [5.41, 5.74) is 3.31. The number of amides is 2. The first-order valence-corrected chi connectivity index (χ1v) is 9.01. The molecule has 1 fully saturated rings. The third-order valence-electron chi connectivity index (χ3n) is 4.67. The highest BCUT2D eigenvalue weighted by Gasteiger charge is 2.32. The number of hydrogen-bond acceptors (Lipinski definition) is 5. The van der Waals surface area contributed by atoms with Gasteiger partial charge in [0.1, 0.15) is 5.82 Å². The Kier molecular flexibility index (Phi) is 4.58. The van der Waals surface area contributed by atoms with Gasteiger partial charge < -0.3 is 14.7 Å². The van der Waals surface area contributed by atoms with E-state index in [9.17, 15) is 4.79 Å². The molecule has 0 saturated carbocycles. The van der Waals surface area contributed by atoms with Crippen molar-refractivity contribution >= 4 is 11.7 Å². The average Bonchev–Trinajstić information content (AvgIpc) is 3.30. The molecule has 138 valence electrons. The molecule has 27 heavy (non-hydrogen) atoms. The van der Waals surface area contributed by atoms with Crippen molar-refractivity contribution in [2.24, 2.45) is 0 Å². The van der Waals surface area contributed by atoms with Gasteiger partial charge >= 0.3 is 6.03 Å². The molecule has 1 atom stereocenters. The van der Waals surface area contributed by atoms with Gasteiger partial charge in [-0.3, -0.25) is 0 Å². The first kappa shape index (κ1) is 17.2. The van der Waals surface area contributed by atoms with Crippen LogP contribution in [0.3, 0.4) is 0 Å². The topological polar surface area (TPSA) is 84.2 Å². The Balaban J connectivity index is 1.52. The van der Waals surface area contributed by atoms with E-state index in [1.165, 1.54) is 0 Å². The normalized spacial score (nSPS) is 16.5. The van der Waals surface area contributed by atoms with Gasteiger partial charge in [0.05, 0.1) is 17.4 Å². The second-order valence-corrected chi connectivity index (χ2v) is 6.72. The molecule has 4 rings (SSSR count). The highest BCUT2D eigenvalue weighted by atomic mass is 16.5. The lowest BCUT2D eigenvalue weighted by Crippen LogP contribution is -2.34. The lowest BCUT2D eigenvalue weighted by molar-refractivity contribution is 0.195. The van der Waals surface area contributed by atoms with E-state index in [1.807, 2.05) is 55.1 Å². The lowest BCUT2D eigenvalue weighted by Gasteiger charge is -2.23.